The summed E-state index contributed by atoms with van der Waals surface area (Å²) in [6, 6.07) is 8.39. The van der Waals surface area contributed by atoms with Crippen molar-refractivity contribution in [1.82, 2.24) is 10.2 Å². The SMILES string of the molecule is NC(=O)C[C@H](CCCCCCCCCCCCC=O)C(=O)[C@H](CCCC(=O)OCc1ccccc1)NC(=O)N1CCCCC1. The van der Waals surface area contributed by atoms with Crippen molar-refractivity contribution >= 4 is 30.0 Å². The zero-order valence-electron chi connectivity index (χ0n) is 26.6. The molecule has 9 nitrogen and oxygen atoms in total. The van der Waals surface area contributed by atoms with Gasteiger partial charge in [0.25, 0.3) is 0 Å². The van der Waals surface area contributed by atoms with Crippen LogP contribution in [-0.2, 0) is 30.5 Å². The van der Waals surface area contributed by atoms with Crippen molar-refractivity contribution in [2.75, 3.05) is 13.1 Å². The van der Waals surface area contributed by atoms with Crippen LogP contribution in [-0.4, -0.2) is 54.0 Å². The monoisotopic (exact) mass is 613 g/mol. The number of likely N-dealkylation sites (tertiary alicyclic amines) is 1. The van der Waals surface area contributed by atoms with E-state index in [1.54, 1.807) is 4.90 Å². The van der Waals surface area contributed by atoms with Gasteiger partial charge in [-0.25, -0.2) is 4.79 Å². The summed E-state index contributed by atoms with van der Waals surface area (Å²) >= 11 is 0. The van der Waals surface area contributed by atoms with Crippen LogP contribution in [0.5, 0.6) is 0 Å². The molecule has 0 saturated carbocycles. The van der Waals surface area contributed by atoms with E-state index in [9.17, 15) is 24.0 Å². The molecule has 44 heavy (non-hydrogen) atoms. The van der Waals surface area contributed by atoms with E-state index in [4.69, 9.17) is 10.5 Å². The number of primary amides is 1. The van der Waals surface area contributed by atoms with Gasteiger partial charge in [0, 0.05) is 38.3 Å². The second-order valence-electron chi connectivity index (χ2n) is 12.1. The molecule has 0 unspecified atom stereocenters. The van der Waals surface area contributed by atoms with E-state index in [2.05, 4.69) is 5.32 Å². The van der Waals surface area contributed by atoms with Crippen molar-refractivity contribution in [1.29, 1.82) is 0 Å². The van der Waals surface area contributed by atoms with Gasteiger partial charge in [-0.05, 0) is 50.5 Å². The fourth-order valence-electron chi connectivity index (χ4n) is 5.79. The van der Waals surface area contributed by atoms with E-state index in [0.29, 0.717) is 38.8 Å². The number of nitrogens with two attached hydrogens (primary N) is 1. The maximum atomic E-state index is 13.7. The van der Waals surface area contributed by atoms with Crippen LogP contribution in [0.25, 0.3) is 0 Å². The average Bonchev–Trinajstić information content (AvgIpc) is 3.03. The van der Waals surface area contributed by atoms with Crippen molar-refractivity contribution in [2.45, 2.75) is 135 Å². The minimum absolute atomic E-state index is 0.0435. The molecule has 2 atom stereocenters. The summed E-state index contributed by atoms with van der Waals surface area (Å²) in [5.41, 5.74) is 6.44. The Labute approximate surface area is 264 Å². The number of rotatable bonds is 24. The summed E-state index contributed by atoms with van der Waals surface area (Å²) in [7, 11) is 0. The van der Waals surface area contributed by atoms with Gasteiger partial charge in [-0.2, -0.15) is 0 Å². The van der Waals surface area contributed by atoms with Gasteiger partial charge in [-0.3, -0.25) is 14.4 Å². The highest BCUT2D eigenvalue weighted by molar-refractivity contribution is 5.92. The molecule has 1 heterocycles. The standard InChI is InChI=1S/C35H55N3O6/c36-32(40)27-30(21-14-8-6-4-2-1-3-5-7-9-17-26-39)34(42)31(37-35(43)38-24-15-11-16-25-38)22-18-23-33(41)44-28-29-19-12-10-13-20-29/h10,12-13,19-20,26,30-31H,1-9,11,14-18,21-25,27-28H2,(H2,36,40)(H,37,43)/t30-,31-/m0/s1. The van der Waals surface area contributed by atoms with Gasteiger partial charge in [0.2, 0.25) is 5.91 Å². The first-order valence-corrected chi connectivity index (χ1v) is 16.9. The number of carbonyl (C=O) groups is 5. The van der Waals surface area contributed by atoms with Gasteiger partial charge in [-0.1, -0.05) is 88.1 Å². The maximum Gasteiger partial charge on any atom is 0.317 e. The first-order valence-electron chi connectivity index (χ1n) is 16.9. The van der Waals surface area contributed by atoms with Crippen LogP contribution in [0.4, 0.5) is 4.79 Å². The molecule has 1 saturated heterocycles. The van der Waals surface area contributed by atoms with Gasteiger partial charge in [0.05, 0.1) is 6.04 Å². The van der Waals surface area contributed by atoms with Crippen molar-refractivity contribution in [3.63, 3.8) is 0 Å². The molecule has 2 rings (SSSR count). The molecule has 3 N–H and O–H groups in total. The molecule has 1 aromatic carbocycles. The summed E-state index contributed by atoms with van der Waals surface area (Å²) in [5, 5.41) is 2.93. The number of Topliss-reactive ketones (excluding diaryl/α,β-unsaturated/α-hetero) is 1. The van der Waals surface area contributed by atoms with Crippen LogP contribution in [0.15, 0.2) is 30.3 Å². The molecule has 9 heteroatoms. The van der Waals surface area contributed by atoms with Gasteiger partial charge in [0.15, 0.2) is 5.78 Å². The third-order valence-electron chi connectivity index (χ3n) is 8.38. The van der Waals surface area contributed by atoms with E-state index in [-0.39, 0.29) is 37.2 Å². The van der Waals surface area contributed by atoms with Crippen molar-refractivity contribution < 1.29 is 28.7 Å². The van der Waals surface area contributed by atoms with E-state index < -0.39 is 17.9 Å². The van der Waals surface area contributed by atoms with Gasteiger partial charge in [-0.15, -0.1) is 0 Å². The largest absolute Gasteiger partial charge is 0.461 e. The summed E-state index contributed by atoms with van der Waals surface area (Å²) < 4.78 is 5.38. The fraction of sp³-hybridized carbons (Fsp3) is 0.686. The Balaban J connectivity index is 1.84. The third-order valence-corrected chi connectivity index (χ3v) is 8.38. The minimum atomic E-state index is -0.790. The highest BCUT2D eigenvalue weighted by atomic mass is 16.5. The molecule has 246 valence electrons. The summed E-state index contributed by atoms with van der Waals surface area (Å²) in [4.78, 5) is 63.2. The zero-order chi connectivity index (χ0) is 31.8. The molecule has 1 fully saturated rings. The number of amides is 3. The Hall–Kier alpha value is -3.23. The Kier molecular flexibility index (Phi) is 19.5. The topological polar surface area (TPSA) is 136 Å². The quantitative estimate of drug-likeness (QED) is 0.0786. The predicted molar refractivity (Wildman–Crippen MR) is 172 cm³/mol. The van der Waals surface area contributed by atoms with E-state index >= 15 is 0 Å². The molecular weight excluding hydrogens is 558 g/mol. The van der Waals surface area contributed by atoms with Crippen LogP contribution in [0, 0.1) is 5.92 Å². The highest BCUT2D eigenvalue weighted by Crippen LogP contribution is 2.21. The van der Waals surface area contributed by atoms with Gasteiger partial charge in [0.1, 0.15) is 12.9 Å². The van der Waals surface area contributed by atoms with E-state index in [1.165, 1.54) is 25.7 Å². The van der Waals surface area contributed by atoms with Crippen LogP contribution < -0.4 is 11.1 Å². The number of unbranched alkanes of at least 4 members (excludes halogenated alkanes) is 10. The third kappa shape index (κ3) is 16.6. The van der Waals surface area contributed by atoms with Crippen molar-refractivity contribution in [3.8, 4) is 0 Å². The number of nitrogens with one attached hydrogen (secondary N) is 1. The van der Waals surface area contributed by atoms with E-state index in [1.807, 2.05) is 30.3 Å². The molecule has 1 aliphatic rings. The second kappa shape index (κ2) is 23.2. The van der Waals surface area contributed by atoms with Crippen LogP contribution in [0.2, 0.25) is 0 Å². The number of hydrogen-bond acceptors (Lipinski definition) is 6. The van der Waals surface area contributed by atoms with Gasteiger partial charge < -0.3 is 25.5 Å². The molecule has 0 aromatic heterocycles. The number of urea groups is 1. The molecule has 0 aliphatic carbocycles. The van der Waals surface area contributed by atoms with Crippen molar-refractivity contribution in [2.24, 2.45) is 11.7 Å². The second-order valence-corrected chi connectivity index (χ2v) is 12.1. The number of nitrogens with zero attached hydrogens (tertiary/aromatic N) is 1. The number of hydrogen-bond donors (Lipinski definition) is 2. The number of benzene rings is 1. The molecule has 0 spiro atoms. The smallest absolute Gasteiger partial charge is 0.317 e. The highest BCUT2D eigenvalue weighted by Gasteiger charge is 2.30. The van der Waals surface area contributed by atoms with Gasteiger partial charge >= 0.3 is 12.0 Å². The zero-order valence-corrected chi connectivity index (χ0v) is 26.6. The summed E-state index contributed by atoms with van der Waals surface area (Å²) in [5.74, 6) is -1.62. The molecule has 1 aliphatic heterocycles. The lowest BCUT2D eigenvalue weighted by Gasteiger charge is -2.30. The normalized spacial score (nSPS) is 14.4. The fourth-order valence-corrected chi connectivity index (χ4v) is 5.79. The number of esters is 1. The molecular formula is C35H55N3O6. The average molecular weight is 614 g/mol. The summed E-state index contributed by atoms with van der Waals surface area (Å²) in [6.07, 6.45) is 16.8. The number of ketones is 1. The van der Waals surface area contributed by atoms with Crippen LogP contribution in [0.1, 0.15) is 128 Å². The Morgan fingerprint density at radius 2 is 1.43 bits per heavy atom. The molecule has 1 aromatic rings. The predicted octanol–water partition coefficient (Wildman–Crippen LogP) is 6.41. The molecule has 0 bridgehead atoms. The Bertz CT molecular complexity index is 980. The molecule has 3 amide bonds. The number of carbonyl (C=O) groups excluding carboxylic acids is 5. The van der Waals surface area contributed by atoms with Crippen LogP contribution >= 0.6 is 0 Å². The first-order chi connectivity index (χ1) is 21.4. The van der Waals surface area contributed by atoms with E-state index in [0.717, 1.165) is 69.6 Å². The lowest BCUT2D eigenvalue weighted by Crippen LogP contribution is -2.51. The minimum Gasteiger partial charge on any atom is -0.461 e. The Morgan fingerprint density at radius 1 is 0.818 bits per heavy atom. The Morgan fingerprint density at radius 3 is 2.05 bits per heavy atom. The molecule has 0 radical (unpaired) electrons. The lowest BCUT2D eigenvalue weighted by atomic mass is 9.87. The number of aldehydes is 1. The summed E-state index contributed by atoms with van der Waals surface area (Å²) in [6.45, 7) is 1.50. The van der Waals surface area contributed by atoms with Crippen LogP contribution in [0.3, 0.4) is 0 Å². The lowest BCUT2D eigenvalue weighted by molar-refractivity contribution is -0.145. The van der Waals surface area contributed by atoms with Crippen molar-refractivity contribution in [3.05, 3.63) is 35.9 Å². The first kappa shape index (κ1) is 37.0. The number of piperidine rings is 1. The maximum absolute atomic E-state index is 13.7. The number of ether oxygens (including phenoxy) is 1.